The summed E-state index contributed by atoms with van der Waals surface area (Å²) in [6.45, 7) is 0.714. The quantitative estimate of drug-likeness (QED) is 0.856. The number of aryl methyl sites for hydroxylation is 1. The van der Waals surface area contributed by atoms with Crippen molar-refractivity contribution >= 4 is 17.5 Å². The average molecular weight is 265 g/mol. The van der Waals surface area contributed by atoms with Crippen LogP contribution < -0.4 is 5.32 Å². The molecule has 1 unspecified atom stereocenters. The predicted molar refractivity (Wildman–Crippen MR) is 64.8 cm³/mol. The molecule has 19 heavy (non-hydrogen) atoms. The Balaban J connectivity index is 2.24. The molecule has 6 nitrogen and oxygen atoms in total. The molecule has 0 saturated carbocycles. The number of halogens is 1. The van der Waals surface area contributed by atoms with E-state index in [1.165, 1.54) is 6.20 Å². The van der Waals surface area contributed by atoms with Crippen molar-refractivity contribution in [2.45, 2.75) is 13.0 Å². The number of hydrogen-bond donors (Lipinski definition) is 2. The van der Waals surface area contributed by atoms with Gasteiger partial charge in [-0.1, -0.05) is 0 Å². The number of aromatic nitrogens is 2. The zero-order chi connectivity index (χ0) is 14.0. The standard InChI is InChI=1S/C12H12FN3O3/c1-7-2-3-16-6-9(14-10(16)4-7)11(17)15-8(5-13)12(18)19/h2-4,6,8H,5H2,1H3,(H,15,17)(H,18,19). The number of amides is 1. The van der Waals surface area contributed by atoms with E-state index in [4.69, 9.17) is 5.11 Å². The van der Waals surface area contributed by atoms with Gasteiger partial charge in [0.2, 0.25) is 0 Å². The maximum atomic E-state index is 12.4. The molecule has 2 aromatic rings. The second kappa shape index (κ2) is 5.05. The molecule has 0 aliphatic carbocycles. The maximum absolute atomic E-state index is 12.4. The van der Waals surface area contributed by atoms with Crippen LogP contribution in [0.25, 0.3) is 5.65 Å². The number of aliphatic carboxylic acids is 1. The zero-order valence-corrected chi connectivity index (χ0v) is 10.1. The van der Waals surface area contributed by atoms with Gasteiger partial charge < -0.3 is 14.8 Å². The Hall–Kier alpha value is -2.44. The van der Waals surface area contributed by atoms with E-state index >= 15 is 0 Å². The minimum atomic E-state index is -1.56. The van der Waals surface area contributed by atoms with Crippen LogP contribution in [0.2, 0.25) is 0 Å². The van der Waals surface area contributed by atoms with Crippen molar-refractivity contribution < 1.29 is 19.1 Å². The first-order valence-corrected chi connectivity index (χ1v) is 5.56. The molecule has 0 aliphatic heterocycles. The number of carbonyl (C=O) groups is 2. The number of rotatable bonds is 4. The third kappa shape index (κ3) is 2.70. The zero-order valence-electron chi connectivity index (χ0n) is 10.1. The first-order valence-electron chi connectivity index (χ1n) is 5.56. The van der Waals surface area contributed by atoms with Crippen molar-refractivity contribution in [3.8, 4) is 0 Å². The minimum Gasteiger partial charge on any atom is -0.480 e. The maximum Gasteiger partial charge on any atom is 0.328 e. The van der Waals surface area contributed by atoms with Crippen LogP contribution in [-0.2, 0) is 4.79 Å². The van der Waals surface area contributed by atoms with Crippen molar-refractivity contribution in [1.82, 2.24) is 14.7 Å². The van der Waals surface area contributed by atoms with Gasteiger partial charge in [-0.3, -0.25) is 4.79 Å². The van der Waals surface area contributed by atoms with E-state index in [0.29, 0.717) is 5.65 Å². The molecule has 2 rings (SSSR count). The monoisotopic (exact) mass is 265 g/mol. The van der Waals surface area contributed by atoms with Gasteiger partial charge in [-0.05, 0) is 24.6 Å². The lowest BCUT2D eigenvalue weighted by atomic mass is 10.3. The molecule has 1 amide bonds. The Labute approximate surface area is 107 Å². The lowest BCUT2D eigenvalue weighted by molar-refractivity contribution is -0.139. The van der Waals surface area contributed by atoms with E-state index < -0.39 is 24.6 Å². The molecule has 2 aromatic heterocycles. The van der Waals surface area contributed by atoms with Crippen LogP contribution >= 0.6 is 0 Å². The molecule has 0 fully saturated rings. The summed E-state index contributed by atoms with van der Waals surface area (Å²) >= 11 is 0. The number of pyridine rings is 1. The summed E-state index contributed by atoms with van der Waals surface area (Å²) in [5.41, 5.74) is 1.60. The van der Waals surface area contributed by atoms with Crippen molar-refractivity contribution in [2.75, 3.05) is 6.67 Å². The number of carboxylic acid groups (broad SMARTS) is 1. The Morgan fingerprint density at radius 3 is 2.95 bits per heavy atom. The highest BCUT2D eigenvalue weighted by molar-refractivity contribution is 5.95. The van der Waals surface area contributed by atoms with Crippen LogP contribution in [0, 0.1) is 6.92 Å². The van der Waals surface area contributed by atoms with Crippen LogP contribution in [0.4, 0.5) is 4.39 Å². The Morgan fingerprint density at radius 2 is 2.32 bits per heavy atom. The predicted octanol–water partition coefficient (Wildman–Crippen LogP) is 0.795. The SMILES string of the molecule is Cc1ccn2cc(C(=O)NC(CF)C(=O)O)nc2c1. The third-order valence-electron chi connectivity index (χ3n) is 2.61. The number of hydrogen-bond acceptors (Lipinski definition) is 3. The molecule has 0 aliphatic rings. The lowest BCUT2D eigenvalue weighted by Gasteiger charge is -2.08. The van der Waals surface area contributed by atoms with Crippen molar-refractivity contribution in [3.63, 3.8) is 0 Å². The smallest absolute Gasteiger partial charge is 0.328 e. The van der Waals surface area contributed by atoms with Gasteiger partial charge in [-0.25, -0.2) is 14.2 Å². The lowest BCUT2D eigenvalue weighted by Crippen LogP contribution is -2.42. The fourth-order valence-corrected chi connectivity index (χ4v) is 1.59. The van der Waals surface area contributed by atoms with Crippen LogP contribution in [0.1, 0.15) is 16.1 Å². The van der Waals surface area contributed by atoms with Crippen LogP contribution in [0.5, 0.6) is 0 Å². The van der Waals surface area contributed by atoms with Crippen molar-refractivity contribution in [2.24, 2.45) is 0 Å². The van der Waals surface area contributed by atoms with E-state index in [1.54, 1.807) is 16.7 Å². The average Bonchev–Trinajstić information content (AvgIpc) is 2.78. The van der Waals surface area contributed by atoms with Gasteiger partial charge in [0.1, 0.15) is 18.0 Å². The van der Waals surface area contributed by atoms with E-state index in [2.05, 4.69) is 10.3 Å². The number of nitrogens with one attached hydrogen (secondary N) is 1. The summed E-state index contributed by atoms with van der Waals surface area (Å²) in [6, 6.07) is 2.07. The highest BCUT2D eigenvalue weighted by Gasteiger charge is 2.21. The van der Waals surface area contributed by atoms with E-state index in [1.807, 2.05) is 13.0 Å². The molecule has 0 aromatic carbocycles. The molecule has 2 heterocycles. The summed E-state index contributed by atoms with van der Waals surface area (Å²) in [4.78, 5) is 26.4. The number of carbonyl (C=O) groups excluding carboxylic acids is 1. The molecule has 0 bridgehead atoms. The van der Waals surface area contributed by atoms with E-state index in [9.17, 15) is 14.0 Å². The third-order valence-corrected chi connectivity index (χ3v) is 2.61. The summed E-state index contributed by atoms with van der Waals surface area (Å²) in [5, 5.41) is 10.7. The molecule has 0 spiro atoms. The fourth-order valence-electron chi connectivity index (χ4n) is 1.59. The normalized spacial score (nSPS) is 12.3. The first kappa shape index (κ1) is 13.0. The molecule has 1 atom stereocenters. The van der Waals surface area contributed by atoms with Crippen LogP contribution in [0.15, 0.2) is 24.5 Å². The molecular formula is C12H12FN3O3. The van der Waals surface area contributed by atoms with Gasteiger partial charge in [0.25, 0.3) is 5.91 Å². The van der Waals surface area contributed by atoms with Crippen LogP contribution in [-0.4, -0.2) is 39.1 Å². The fraction of sp³-hybridized carbons (Fsp3) is 0.250. The number of alkyl halides is 1. The van der Waals surface area contributed by atoms with Gasteiger partial charge >= 0.3 is 5.97 Å². The summed E-state index contributed by atoms with van der Waals surface area (Å²) < 4.78 is 14.1. The van der Waals surface area contributed by atoms with Gasteiger partial charge in [0.15, 0.2) is 6.04 Å². The van der Waals surface area contributed by atoms with Crippen LogP contribution in [0.3, 0.4) is 0 Å². The van der Waals surface area contributed by atoms with Crippen molar-refractivity contribution in [3.05, 3.63) is 35.8 Å². The van der Waals surface area contributed by atoms with Gasteiger partial charge in [0.05, 0.1) is 0 Å². The Bertz CT molecular complexity index is 638. The number of nitrogens with zero attached hydrogens (tertiary/aromatic N) is 2. The summed E-state index contributed by atoms with van der Waals surface area (Å²) in [6.07, 6.45) is 3.19. The topological polar surface area (TPSA) is 83.7 Å². The molecule has 0 saturated heterocycles. The molecule has 2 N–H and O–H groups in total. The second-order valence-electron chi connectivity index (χ2n) is 4.11. The summed E-state index contributed by atoms with van der Waals surface area (Å²) in [5.74, 6) is -2.14. The molecule has 100 valence electrons. The van der Waals surface area contributed by atoms with Gasteiger partial charge in [-0.2, -0.15) is 0 Å². The van der Waals surface area contributed by atoms with Crippen molar-refractivity contribution in [1.29, 1.82) is 0 Å². The van der Waals surface area contributed by atoms with Gasteiger partial charge in [-0.15, -0.1) is 0 Å². The Morgan fingerprint density at radius 1 is 1.58 bits per heavy atom. The molecule has 7 heteroatoms. The van der Waals surface area contributed by atoms with Gasteiger partial charge in [0, 0.05) is 12.4 Å². The molecule has 0 radical (unpaired) electrons. The Kier molecular flexibility index (Phi) is 3.46. The summed E-state index contributed by atoms with van der Waals surface area (Å²) in [7, 11) is 0. The second-order valence-corrected chi connectivity index (χ2v) is 4.11. The first-order chi connectivity index (χ1) is 9.01. The number of carboxylic acids is 1. The minimum absolute atomic E-state index is 0.0466. The highest BCUT2D eigenvalue weighted by atomic mass is 19.1. The highest BCUT2D eigenvalue weighted by Crippen LogP contribution is 2.07. The largest absolute Gasteiger partial charge is 0.480 e. The van der Waals surface area contributed by atoms with E-state index in [0.717, 1.165) is 5.56 Å². The van der Waals surface area contributed by atoms with E-state index in [-0.39, 0.29) is 5.69 Å². The molecular weight excluding hydrogens is 253 g/mol. The number of fused-ring (bicyclic) bond motifs is 1. The number of imidazole rings is 1.